The van der Waals surface area contributed by atoms with Gasteiger partial charge < -0.3 is 10.2 Å². The summed E-state index contributed by atoms with van der Waals surface area (Å²) in [6.45, 7) is 5.49. The molecule has 2 aliphatic heterocycles. The monoisotopic (exact) mass is 224 g/mol. The molecular formula is C11H16N2O3. The molecule has 0 aliphatic carbocycles. The van der Waals surface area contributed by atoms with Crippen molar-refractivity contribution >= 4 is 17.6 Å². The molecule has 2 amide bonds. The van der Waals surface area contributed by atoms with Crippen LogP contribution in [0.2, 0.25) is 0 Å². The fourth-order valence-corrected chi connectivity index (χ4v) is 2.39. The van der Waals surface area contributed by atoms with Crippen molar-refractivity contribution in [3.8, 4) is 0 Å². The van der Waals surface area contributed by atoms with Gasteiger partial charge in [-0.05, 0) is 12.8 Å². The third-order valence-electron chi connectivity index (χ3n) is 3.45. The van der Waals surface area contributed by atoms with Crippen LogP contribution in [-0.4, -0.2) is 40.6 Å². The molecule has 2 heterocycles. The summed E-state index contributed by atoms with van der Waals surface area (Å²) in [5.41, 5.74) is -0.959. The van der Waals surface area contributed by atoms with Crippen LogP contribution in [0.25, 0.3) is 0 Å². The van der Waals surface area contributed by atoms with Gasteiger partial charge in [-0.3, -0.25) is 14.4 Å². The van der Waals surface area contributed by atoms with Crippen molar-refractivity contribution in [3.05, 3.63) is 0 Å². The molecule has 2 saturated heterocycles. The maximum atomic E-state index is 12.1. The summed E-state index contributed by atoms with van der Waals surface area (Å²) in [7, 11) is 0. The smallest absolute Gasteiger partial charge is 0.246 e. The molecule has 0 radical (unpaired) electrons. The summed E-state index contributed by atoms with van der Waals surface area (Å²) in [6, 6.07) is -0.494. The Hall–Kier alpha value is -1.39. The Morgan fingerprint density at radius 2 is 2.00 bits per heavy atom. The second kappa shape index (κ2) is 3.30. The minimum absolute atomic E-state index is 0.0386. The number of hydrogen-bond acceptors (Lipinski definition) is 3. The molecule has 2 rings (SSSR count). The molecule has 0 spiro atoms. The topological polar surface area (TPSA) is 66.5 Å². The highest BCUT2D eigenvalue weighted by Crippen LogP contribution is 2.31. The highest BCUT2D eigenvalue weighted by molar-refractivity contribution is 6.06. The van der Waals surface area contributed by atoms with Crippen molar-refractivity contribution in [2.75, 3.05) is 6.54 Å². The zero-order valence-electron chi connectivity index (χ0n) is 9.74. The summed E-state index contributed by atoms with van der Waals surface area (Å²) < 4.78 is 0. The molecule has 5 nitrogen and oxygen atoms in total. The van der Waals surface area contributed by atoms with Gasteiger partial charge in [-0.15, -0.1) is 0 Å². The van der Waals surface area contributed by atoms with E-state index in [9.17, 15) is 14.4 Å². The van der Waals surface area contributed by atoms with Crippen molar-refractivity contribution in [3.63, 3.8) is 0 Å². The van der Waals surface area contributed by atoms with E-state index < -0.39 is 11.6 Å². The van der Waals surface area contributed by atoms with Crippen LogP contribution in [0, 0.1) is 5.92 Å². The SMILES string of the molecule is CC(C)[C@H]1NC(=O)[C@]2(C)CC(=O)CN2C1=O. The number of piperazine rings is 1. The number of rotatable bonds is 1. The summed E-state index contributed by atoms with van der Waals surface area (Å²) in [4.78, 5) is 36.9. The molecule has 0 bridgehead atoms. The van der Waals surface area contributed by atoms with E-state index in [2.05, 4.69) is 5.32 Å². The molecule has 0 unspecified atom stereocenters. The number of hydrogen-bond donors (Lipinski definition) is 1. The third-order valence-corrected chi connectivity index (χ3v) is 3.45. The van der Waals surface area contributed by atoms with Crippen LogP contribution in [0.5, 0.6) is 0 Å². The first-order valence-corrected chi connectivity index (χ1v) is 5.50. The Kier molecular flexibility index (Phi) is 2.29. The van der Waals surface area contributed by atoms with E-state index in [4.69, 9.17) is 0 Å². The Bertz CT molecular complexity index is 377. The van der Waals surface area contributed by atoms with Crippen molar-refractivity contribution < 1.29 is 14.4 Å². The van der Waals surface area contributed by atoms with Crippen LogP contribution in [0.3, 0.4) is 0 Å². The minimum Gasteiger partial charge on any atom is -0.342 e. The Morgan fingerprint density at radius 3 is 2.56 bits per heavy atom. The van der Waals surface area contributed by atoms with Crippen molar-refractivity contribution in [1.82, 2.24) is 10.2 Å². The van der Waals surface area contributed by atoms with Gasteiger partial charge in [0.1, 0.15) is 11.6 Å². The van der Waals surface area contributed by atoms with Gasteiger partial charge in [-0.25, -0.2) is 0 Å². The average Bonchev–Trinajstić information content (AvgIpc) is 2.49. The van der Waals surface area contributed by atoms with E-state index in [0.29, 0.717) is 0 Å². The quantitative estimate of drug-likeness (QED) is 0.665. The summed E-state index contributed by atoms with van der Waals surface area (Å²) in [5.74, 6) is -0.355. The maximum Gasteiger partial charge on any atom is 0.246 e. The molecule has 5 heteroatoms. The predicted molar refractivity (Wildman–Crippen MR) is 56.5 cm³/mol. The van der Waals surface area contributed by atoms with Crippen LogP contribution in [0.1, 0.15) is 27.2 Å². The van der Waals surface area contributed by atoms with E-state index in [1.807, 2.05) is 13.8 Å². The lowest BCUT2D eigenvalue weighted by Gasteiger charge is -2.42. The minimum atomic E-state index is -0.959. The van der Waals surface area contributed by atoms with Crippen LogP contribution in [0.15, 0.2) is 0 Å². The summed E-state index contributed by atoms with van der Waals surface area (Å²) in [5, 5.41) is 2.72. The number of nitrogens with zero attached hydrogens (tertiary/aromatic N) is 1. The first-order valence-electron chi connectivity index (χ1n) is 5.50. The Morgan fingerprint density at radius 1 is 1.38 bits per heavy atom. The van der Waals surface area contributed by atoms with Gasteiger partial charge in [0.15, 0.2) is 5.78 Å². The van der Waals surface area contributed by atoms with Gasteiger partial charge in [0.2, 0.25) is 11.8 Å². The average molecular weight is 224 g/mol. The lowest BCUT2D eigenvalue weighted by Crippen LogP contribution is -2.68. The third kappa shape index (κ3) is 1.34. The molecule has 0 aromatic rings. The molecule has 2 aliphatic rings. The lowest BCUT2D eigenvalue weighted by atomic mass is 9.90. The molecule has 88 valence electrons. The van der Waals surface area contributed by atoms with E-state index in [0.717, 1.165) is 0 Å². The van der Waals surface area contributed by atoms with Crippen molar-refractivity contribution in [2.45, 2.75) is 38.8 Å². The number of Topliss-reactive ketones (excluding diaryl/α,β-unsaturated/α-hetero) is 1. The standard InChI is InChI=1S/C11H16N2O3/c1-6(2)8-9(15)13-5-7(14)4-11(13,3)10(16)12-8/h6,8H,4-5H2,1-3H3,(H,12,16)/t8-,11+/m1/s1. The molecule has 1 N–H and O–H groups in total. The van der Waals surface area contributed by atoms with Crippen LogP contribution < -0.4 is 5.32 Å². The van der Waals surface area contributed by atoms with Crippen LogP contribution in [0.4, 0.5) is 0 Å². The normalized spacial score (nSPS) is 34.4. The molecule has 0 aromatic heterocycles. The molecule has 0 aromatic carbocycles. The number of amides is 2. The lowest BCUT2D eigenvalue weighted by molar-refractivity contribution is -0.154. The number of ketones is 1. The first-order chi connectivity index (χ1) is 7.36. The summed E-state index contributed by atoms with van der Waals surface area (Å²) >= 11 is 0. The summed E-state index contributed by atoms with van der Waals surface area (Å²) in [6.07, 6.45) is 0.134. The zero-order valence-corrected chi connectivity index (χ0v) is 9.74. The van der Waals surface area contributed by atoms with Crippen molar-refractivity contribution in [1.29, 1.82) is 0 Å². The van der Waals surface area contributed by atoms with Gasteiger partial charge in [-0.1, -0.05) is 13.8 Å². The maximum absolute atomic E-state index is 12.1. The molecule has 2 atom stereocenters. The van der Waals surface area contributed by atoms with Gasteiger partial charge in [0.25, 0.3) is 0 Å². The Balaban J connectivity index is 2.35. The number of carbonyl (C=O) groups is 3. The van der Waals surface area contributed by atoms with E-state index in [-0.39, 0.29) is 36.5 Å². The second-order valence-corrected chi connectivity index (χ2v) is 5.11. The van der Waals surface area contributed by atoms with Crippen LogP contribution >= 0.6 is 0 Å². The largest absolute Gasteiger partial charge is 0.342 e. The van der Waals surface area contributed by atoms with E-state index in [1.165, 1.54) is 4.90 Å². The molecular weight excluding hydrogens is 208 g/mol. The highest BCUT2D eigenvalue weighted by Gasteiger charge is 2.55. The highest BCUT2D eigenvalue weighted by atomic mass is 16.2. The van der Waals surface area contributed by atoms with Crippen molar-refractivity contribution in [2.24, 2.45) is 5.92 Å². The molecule has 16 heavy (non-hydrogen) atoms. The van der Waals surface area contributed by atoms with Gasteiger partial charge in [0.05, 0.1) is 6.54 Å². The number of nitrogens with one attached hydrogen (secondary N) is 1. The fourth-order valence-electron chi connectivity index (χ4n) is 2.39. The second-order valence-electron chi connectivity index (χ2n) is 5.11. The predicted octanol–water partition coefficient (Wildman–Crippen LogP) is -0.299. The Labute approximate surface area is 94.2 Å². The van der Waals surface area contributed by atoms with Gasteiger partial charge in [0, 0.05) is 6.42 Å². The number of carbonyl (C=O) groups excluding carboxylic acids is 3. The molecule has 0 saturated carbocycles. The zero-order chi connectivity index (χ0) is 12.1. The van der Waals surface area contributed by atoms with E-state index >= 15 is 0 Å². The fraction of sp³-hybridized carbons (Fsp3) is 0.727. The molecule has 2 fully saturated rings. The van der Waals surface area contributed by atoms with Gasteiger partial charge >= 0.3 is 0 Å². The number of fused-ring (bicyclic) bond motifs is 1. The van der Waals surface area contributed by atoms with Gasteiger partial charge in [-0.2, -0.15) is 0 Å². The van der Waals surface area contributed by atoms with Crippen LogP contribution in [-0.2, 0) is 14.4 Å². The van der Waals surface area contributed by atoms with E-state index in [1.54, 1.807) is 6.92 Å². The first kappa shape index (κ1) is 11.1.